The van der Waals surface area contributed by atoms with Gasteiger partial charge in [0.25, 0.3) is 0 Å². The summed E-state index contributed by atoms with van der Waals surface area (Å²) in [6.07, 6.45) is 2.17. The molecule has 186 valence electrons. The first-order chi connectivity index (χ1) is 18.2. The number of rotatable bonds is 5. The minimum Gasteiger partial charge on any atom is -0.489 e. The fraction of sp³-hybridized carbons (Fsp3) is 0.258. The zero-order valence-electron chi connectivity index (χ0n) is 20.9. The highest BCUT2D eigenvalue weighted by atomic mass is 16.5. The van der Waals surface area contributed by atoms with Crippen LogP contribution in [0.15, 0.2) is 79.4 Å². The highest BCUT2D eigenvalue weighted by Gasteiger charge is 2.26. The molecule has 37 heavy (non-hydrogen) atoms. The summed E-state index contributed by atoms with van der Waals surface area (Å²) in [5.74, 6) is 1.86. The van der Waals surface area contributed by atoms with E-state index >= 15 is 0 Å². The molecule has 3 aromatic carbocycles. The van der Waals surface area contributed by atoms with Crippen molar-refractivity contribution in [2.24, 2.45) is 5.73 Å². The van der Waals surface area contributed by atoms with Gasteiger partial charge in [0.2, 0.25) is 0 Å². The van der Waals surface area contributed by atoms with E-state index in [2.05, 4.69) is 93.4 Å². The fourth-order valence-electron chi connectivity index (χ4n) is 5.94. The Hall–Kier alpha value is -4.03. The summed E-state index contributed by atoms with van der Waals surface area (Å²) in [7, 11) is 0. The average Bonchev–Trinajstić information content (AvgIpc) is 3.48. The van der Waals surface area contributed by atoms with E-state index in [0.29, 0.717) is 6.61 Å². The Morgan fingerprint density at radius 1 is 1.03 bits per heavy atom. The molecule has 6 nitrogen and oxygen atoms in total. The number of ether oxygens (including phenoxy) is 1. The molecule has 4 heterocycles. The quantitative estimate of drug-likeness (QED) is 0.355. The Morgan fingerprint density at radius 2 is 1.86 bits per heavy atom. The van der Waals surface area contributed by atoms with E-state index in [1.54, 1.807) is 0 Å². The summed E-state index contributed by atoms with van der Waals surface area (Å²) in [4.78, 5) is 7.54. The molecular formula is C31H31N5O. The Kier molecular flexibility index (Phi) is 5.29. The molecule has 0 radical (unpaired) electrons. The maximum absolute atomic E-state index is 6.26. The van der Waals surface area contributed by atoms with E-state index in [-0.39, 0.29) is 6.04 Å². The normalized spacial score (nSPS) is 17.3. The van der Waals surface area contributed by atoms with Crippen LogP contribution in [0, 0.1) is 0 Å². The maximum atomic E-state index is 6.26. The molecule has 0 aliphatic carbocycles. The number of aromatic nitrogens is 3. The van der Waals surface area contributed by atoms with Gasteiger partial charge >= 0.3 is 0 Å². The number of nitrogens with zero attached hydrogens (tertiary/aromatic N) is 4. The molecule has 1 saturated heterocycles. The first kappa shape index (κ1) is 22.2. The van der Waals surface area contributed by atoms with Crippen LogP contribution in [-0.4, -0.2) is 44.8 Å². The summed E-state index contributed by atoms with van der Waals surface area (Å²) in [6, 6.07) is 26.0. The van der Waals surface area contributed by atoms with Crippen molar-refractivity contribution in [3.63, 3.8) is 0 Å². The molecule has 2 N–H and O–H groups in total. The Bertz CT molecular complexity index is 1630. The topological polar surface area (TPSA) is 61.2 Å². The van der Waals surface area contributed by atoms with Crippen LogP contribution >= 0.6 is 0 Å². The smallest absolute Gasteiger partial charge is 0.158 e. The van der Waals surface area contributed by atoms with Gasteiger partial charge in [0.05, 0.1) is 17.8 Å². The molecule has 0 spiro atoms. The van der Waals surface area contributed by atoms with Crippen molar-refractivity contribution in [1.29, 1.82) is 0 Å². The van der Waals surface area contributed by atoms with Crippen molar-refractivity contribution in [3.05, 3.63) is 90.5 Å². The standard InChI is InChI=1S/C31H31N5O/c1-21(34-13-7-11-25(32)20-34)24-16-26-30-29(18-24)37-15-14-35(30)31(33-26)28-17-23-10-5-6-12-27(23)36(28)19-22-8-3-2-4-9-22/h2-6,8-10,12,16-18,25H,1,7,11,13-15,19-20,32H2/t25-/m1/s1. The minimum atomic E-state index is 0.196. The second kappa shape index (κ2) is 8.82. The lowest BCUT2D eigenvalue weighted by Gasteiger charge is -2.34. The zero-order chi connectivity index (χ0) is 24.9. The zero-order valence-corrected chi connectivity index (χ0v) is 20.9. The molecule has 0 saturated carbocycles. The highest BCUT2D eigenvalue weighted by molar-refractivity contribution is 5.92. The number of hydrogen-bond donors (Lipinski definition) is 1. The van der Waals surface area contributed by atoms with Crippen molar-refractivity contribution in [2.75, 3.05) is 19.7 Å². The largest absolute Gasteiger partial charge is 0.489 e. The number of likely N-dealkylation sites (tertiary alicyclic amines) is 1. The van der Waals surface area contributed by atoms with Crippen LogP contribution in [0.5, 0.6) is 5.75 Å². The molecular weight excluding hydrogens is 458 g/mol. The third-order valence-corrected chi connectivity index (χ3v) is 7.78. The molecule has 2 aromatic heterocycles. The molecule has 1 atom stereocenters. The second-order valence-electron chi connectivity index (χ2n) is 10.2. The third-order valence-electron chi connectivity index (χ3n) is 7.78. The Labute approximate surface area is 216 Å². The lowest BCUT2D eigenvalue weighted by atomic mass is 10.0. The second-order valence-corrected chi connectivity index (χ2v) is 10.2. The molecule has 7 rings (SSSR count). The van der Waals surface area contributed by atoms with E-state index in [0.717, 1.165) is 78.6 Å². The van der Waals surface area contributed by atoms with Crippen LogP contribution in [0.25, 0.3) is 39.2 Å². The molecule has 2 aliphatic rings. The van der Waals surface area contributed by atoms with Crippen molar-refractivity contribution < 1.29 is 4.74 Å². The van der Waals surface area contributed by atoms with Gasteiger partial charge in [-0.1, -0.05) is 55.1 Å². The van der Waals surface area contributed by atoms with Crippen molar-refractivity contribution in [2.45, 2.75) is 32.0 Å². The van der Waals surface area contributed by atoms with Crippen LogP contribution in [0.4, 0.5) is 0 Å². The van der Waals surface area contributed by atoms with Crippen LogP contribution in [-0.2, 0) is 13.1 Å². The van der Waals surface area contributed by atoms with E-state index in [4.69, 9.17) is 15.5 Å². The van der Waals surface area contributed by atoms with Crippen molar-refractivity contribution in [3.8, 4) is 17.3 Å². The van der Waals surface area contributed by atoms with Crippen LogP contribution < -0.4 is 10.5 Å². The van der Waals surface area contributed by atoms with Gasteiger partial charge in [0.1, 0.15) is 17.9 Å². The molecule has 0 unspecified atom stereocenters. The van der Waals surface area contributed by atoms with Gasteiger partial charge in [0, 0.05) is 47.8 Å². The van der Waals surface area contributed by atoms with E-state index in [1.807, 2.05) is 0 Å². The van der Waals surface area contributed by atoms with Gasteiger partial charge in [-0.05, 0) is 42.7 Å². The summed E-state index contributed by atoms with van der Waals surface area (Å²) < 4.78 is 10.9. The number of fused-ring (bicyclic) bond motifs is 1. The van der Waals surface area contributed by atoms with Gasteiger partial charge < -0.3 is 24.5 Å². The molecule has 1 fully saturated rings. The SMILES string of the molecule is C=C(c1cc2c3c(c1)nc(-c1cc4ccccc4n1Cc1ccccc1)n3CCO2)N1CCC[C@@H](N)C1. The average molecular weight is 490 g/mol. The number of hydrogen-bond acceptors (Lipinski definition) is 4. The van der Waals surface area contributed by atoms with Crippen LogP contribution in [0.1, 0.15) is 24.0 Å². The highest BCUT2D eigenvalue weighted by Crippen LogP contribution is 2.38. The molecule has 0 bridgehead atoms. The molecule has 0 amide bonds. The van der Waals surface area contributed by atoms with Crippen molar-refractivity contribution >= 4 is 27.6 Å². The number of imidazole rings is 1. The van der Waals surface area contributed by atoms with Gasteiger partial charge in [-0.25, -0.2) is 4.98 Å². The molecule has 2 aliphatic heterocycles. The van der Waals surface area contributed by atoms with Gasteiger partial charge in [-0.15, -0.1) is 0 Å². The van der Waals surface area contributed by atoms with E-state index in [1.165, 1.54) is 16.5 Å². The fourth-order valence-corrected chi connectivity index (χ4v) is 5.94. The van der Waals surface area contributed by atoms with Gasteiger partial charge in [-0.2, -0.15) is 0 Å². The third kappa shape index (κ3) is 3.80. The van der Waals surface area contributed by atoms with Crippen molar-refractivity contribution in [1.82, 2.24) is 19.0 Å². The predicted molar refractivity (Wildman–Crippen MR) is 150 cm³/mol. The summed E-state index contributed by atoms with van der Waals surface area (Å²) >= 11 is 0. The summed E-state index contributed by atoms with van der Waals surface area (Å²) in [5, 5.41) is 1.22. The maximum Gasteiger partial charge on any atom is 0.158 e. The van der Waals surface area contributed by atoms with Crippen LogP contribution in [0.3, 0.4) is 0 Å². The molecule has 5 aromatic rings. The van der Waals surface area contributed by atoms with E-state index < -0.39 is 0 Å². The summed E-state index contributed by atoms with van der Waals surface area (Å²) in [5.41, 5.74) is 13.9. The Balaban J connectivity index is 1.37. The number of nitrogens with two attached hydrogens (primary N) is 1. The first-order valence-electron chi connectivity index (χ1n) is 13.1. The Morgan fingerprint density at radius 3 is 2.73 bits per heavy atom. The van der Waals surface area contributed by atoms with Crippen LogP contribution in [0.2, 0.25) is 0 Å². The number of benzene rings is 3. The molecule has 6 heteroatoms. The predicted octanol–water partition coefficient (Wildman–Crippen LogP) is 5.49. The number of para-hydroxylation sites is 1. The number of piperidine rings is 1. The summed E-state index contributed by atoms with van der Waals surface area (Å²) in [6.45, 7) is 8.44. The monoisotopic (exact) mass is 489 g/mol. The lowest BCUT2D eigenvalue weighted by Crippen LogP contribution is -2.41. The van der Waals surface area contributed by atoms with E-state index in [9.17, 15) is 0 Å². The minimum absolute atomic E-state index is 0.196. The first-order valence-corrected chi connectivity index (χ1v) is 13.1. The van der Waals surface area contributed by atoms with Gasteiger partial charge in [-0.3, -0.25) is 0 Å². The lowest BCUT2D eigenvalue weighted by molar-refractivity contribution is 0.286. The van der Waals surface area contributed by atoms with Gasteiger partial charge in [0.15, 0.2) is 5.82 Å².